The number of rotatable bonds is 2. The van der Waals surface area contributed by atoms with Crippen LogP contribution in [-0.4, -0.2) is 17.1 Å². The van der Waals surface area contributed by atoms with Crippen LogP contribution in [0.4, 0.5) is 5.69 Å². The number of guanidine groups is 1. The molecule has 7 rings (SSSR count). The minimum Gasteiger partial charge on any atom is -0.388 e. The Bertz CT molecular complexity index is 922. The molecule has 4 nitrogen and oxygen atoms in total. The number of hydrogen-bond acceptors (Lipinski definition) is 2. The van der Waals surface area contributed by atoms with E-state index in [2.05, 4.69) is 29.6 Å². The minimum atomic E-state index is -0.470. The minimum absolute atomic E-state index is 0.389. The molecular weight excluding hydrogens is 334 g/mol. The first-order valence-corrected chi connectivity index (χ1v) is 10.5. The third-order valence-electron chi connectivity index (χ3n) is 7.65. The largest absolute Gasteiger partial charge is 0.388 e. The van der Waals surface area contributed by atoms with Gasteiger partial charge in [0.15, 0.2) is 5.96 Å². The van der Waals surface area contributed by atoms with Crippen LogP contribution in [0.5, 0.6) is 0 Å². The van der Waals surface area contributed by atoms with Crippen LogP contribution in [0.15, 0.2) is 35.3 Å². The molecule has 5 aliphatic rings. The quantitative estimate of drug-likeness (QED) is 0.560. The lowest BCUT2D eigenvalue weighted by Crippen LogP contribution is -2.48. The van der Waals surface area contributed by atoms with Gasteiger partial charge in [0, 0.05) is 17.7 Å². The van der Waals surface area contributed by atoms with Gasteiger partial charge in [-0.3, -0.25) is 0 Å². The van der Waals surface area contributed by atoms with Crippen LogP contribution in [0.25, 0.3) is 10.8 Å². The first-order valence-electron chi connectivity index (χ1n) is 10.5. The smallest absolute Gasteiger partial charge is 0.193 e. The lowest BCUT2D eigenvalue weighted by Gasteiger charge is -2.53. The highest BCUT2D eigenvalue weighted by molar-refractivity contribution is 6.00. The maximum atomic E-state index is 10.6. The number of hydrogen-bond donors (Lipinski definition) is 3. The first-order chi connectivity index (χ1) is 13.2. The summed E-state index contributed by atoms with van der Waals surface area (Å²) in [6, 6.07) is 10.8. The molecule has 0 heterocycles. The van der Waals surface area contributed by atoms with Gasteiger partial charge in [-0.2, -0.15) is 0 Å². The fraction of sp³-hybridized carbons (Fsp3) is 0.522. The summed E-state index contributed by atoms with van der Waals surface area (Å²) in [7, 11) is 0. The molecule has 0 saturated heterocycles. The van der Waals surface area contributed by atoms with E-state index in [9.17, 15) is 5.11 Å². The molecule has 140 valence electrons. The molecule has 1 atom stereocenters. The van der Waals surface area contributed by atoms with Gasteiger partial charge < -0.3 is 16.2 Å². The number of nitrogens with zero attached hydrogens (tertiary/aromatic N) is 1. The second-order valence-electron chi connectivity index (χ2n) is 9.32. The molecule has 2 aromatic rings. The molecule has 0 aromatic heterocycles. The zero-order chi connectivity index (χ0) is 18.1. The van der Waals surface area contributed by atoms with E-state index < -0.39 is 6.10 Å². The third-order valence-corrected chi connectivity index (χ3v) is 7.65. The molecule has 4 fully saturated rings. The van der Waals surface area contributed by atoms with Gasteiger partial charge in [0.1, 0.15) is 0 Å². The topological polar surface area (TPSA) is 70.6 Å². The Balaban J connectivity index is 1.31. The third kappa shape index (κ3) is 2.42. The van der Waals surface area contributed by atoms with Crippen LogP contribution in [0.1, 0.15) is 49.3 Å². The van der Waals surface area contributed by atoms with E-state index in [0.29, 0.717) is 18.4 Å². The standard InChI is InChI=1S/C23H27N3O/c24-23(26-22-16-7-12-6-13(9-16)10-17(22)8-12)25-18-5-4-14-2-1-3-15-11-19(27)21(18)20(14)15/h1-5,12-13,16-17,19,22,27H,6-11H2,(H3,24,25,26). The van der Waals surface area contributed by atoms with E-state index in [1.54, 1.807) is 0 Å². The summed E-state index contributed by atoms with van der Waals surface area (Å²) in [5.74, 6) is 3.86. The Kier molecular flexibility index (Phi) is 3.37. The van der Waals surface area contributed by atoms with Crippen molar-refractivity contribution in [1.82, 2.24) is 0 Å². The molecule has 5 aliphatic carbocycles. The fourth-order valence-corrected chi connectivity index (χ4v) is 6.86. The molecule has 0 spiro atoms. The molecule has 1 unspecified atom stereocenters. The molecule has 27 heavy (non-hydrogen) atoms. The van der Waals surface area contributed by atoms with Crippen molar-refractivity contribution in [3.05, 3.63) is 41.5 Å². The Hall–Kier alpha value is -2.07. The monoisotopic (exact) mass is 361 g/mol. The van der Waals surface area contributed by atoms with Crippen LogP contribution >= 0.6 is 0 Å². The maximum Gasteiger partial charge on any atom is 0.193 e. The SMILES string of the molecule is NC(=NC1C2CC3CC(C2)CC1C3)Nc1ccc2cccc3c2c1C(O)C3. The normalized spacial score (nSPS) is 36.6. The Morgan fingerprint density at radius 1 is 1.00 bits per heavy atom. The van der Waals surface area contributed by atoms with Gasteiger partial charge in [0.05, 0.1) is 12.1 Å². The second-order valence-corrected chi connectivity index (χ2v) is 9.32. The van der Waals surface area contributed by atoms with Crippen molar-refractivity contribution in [2.75, 3.05) is 5.32 Å². The number of aliphatic imine (C=N–C) groups is 1. The molecule has 4 bridgehead atoms. The predicted molar refractivity (Wildman–Crippen MR) is 109 cm³/mol. The molecule has 4 saturated carbocycles. The van der Waals surface area contributed by atoms with Gasteiger partial charge in [-0.15, -0.1) is 0 Å². The van der Waals surface area contributed by atoms with Gasteiger partial charge in [0.25, 0.3) is 0 Å². The van der Waals surface area contributed by atoms with Crippen LogP contribution in [0.2, 0.25) is 0 Å². The van der Waals surface area contributed by atoms with Crippen LogP contribution < -0.4 is 11.1 Å². The van der Waals surface area contributed by atoms with E-state index in [-0.39, 0.29) is 0 Å². The summed E-state index contributed by atoms with van der Waals surface area (Å²) in [5, 5.41) is 16.3. The average molecular weight is 361 g/mol. The average Bonchev–Trinajstić information content (AvgIpc) is 2.98. The molecule has 0 radical (unpaired) electrons. The number of benzene rings is 2. The lowest BCUT2D eigenvalue weighted by molar-refractivity contribution is 0.00124. The highest BCUT2D eigenvalue weighted by atomic mass is 16.3. The highest BCUT2D eigenvalue weighted by Crippen LogP contribution is 2.54. The van der Waals surface area contributed by atoms with Gasteiger partial charge in [0.2, 0.25) is 0 Å². The van der Waals surface area contributed by atoms with Crippen molar-refractivity contribution in [2.24, 2.45) is 34.4 Å². The number of aliphatic hydroxyl groups is 1. The number of aliphatic hydroxyl groups excluding tert-OH is 1. The Labute approximate surface area is 159 Å². The van der Waals surface area contributed by atoms with Crippen molar-refractivity contribution in [1.29, 1.82) is 0 Å². The van der Waals surface area contributed by atoms with Crippen LogP contribution in [0.3, 0.4) is 0 Å². The zero-order valence-electron chi connectivity index (χ0n) is 15.6. The van der Waals surface area contributed by atoms with E-state index in [0.717, 1.165) is 34.9 Å². The summed E-state index contributed by atoms with van der Waals surface area (Å²) in [4.78, 5) is 4.97. The number of nitrogens with one attached hydrogen (secondary N) is 1. The zero-order valence-corrected chi connectivity index (χ0v) is 15.6. The van der Waals surface area contributed by atoms with Crippen molar-refractivity contribution in [2.45, 2.75) is 50.7 Å². The van der Waals surface area contributed by atoms with Crippen molar-refractivity contribution in [3.63, 3.8) is 0 Å². The molecule has 4 heteroatoms. The number of anilines is 1. The summed E-state index contributed by atoms with van der Waals surface area (Å²) in [6.07, 6.45) is 7.04. The summed E-state index contributed by atoms with van der Waals surface area (Å²) < 4.78 is 0. The Morgan fingerprint density at radius 2 is 1.74 bits per heavy atom. The van der Waals surface area contributed by atoms with Gasteiger partial charge in [-0.1, -0.05) is 24.3 Å². The van der Waals surface area contributed by atoms with E-state index in [4.69, 9.17) is 10.7 Å². The molecule has 0 amide bonds. The van der Waals surface area contributed by atoms with Crippen molar-refractivity contribution in [3.8, 4) is 0 Å². The van der Waals surface area contributed by atoms with Crippen LogP contribution in [0, 0.1) is 23.7 Å². The van der Waals surface area contributed by atoms with E-state index in [1.807, 2.05) is 6.07 Å². The fourth-order valence-electron chi connectivity index (χ4n) is 6.86. The maximum absolute atomic E-state index is 10.6. The lowest BCUT2D eigenvalue weighted by atomic mass is 9.54. The van der Waals surface area contributed by atoms with Crippen LogP contribution in [-0.2, 0) is 6.42 Å². The van der Waals surface area contributed by atoms with Crippen molar-refractivity contribution < 1.29 is 5.11 Å². The first kappa shape index (κ1) is 15.9. The predicted octanol–water partition coefficient (Wildman–Crippen LogP) is 3.98. The van der Waals surface area contributed by atoms with Gasteiger partial charge in [-0.25, -0.2) is 4.99 Å². The molecule has 2 aromatic carbocycles. The summed E-state index contributed by atoms with van der Waals surface area (Å²) in [5.41, 5.74) is 9.48. The van der Waals surface area contributed by atoms with E-state index in [1.165, 1.54) is 48.4 Å². The van der Waals surface area contributed by atoms with Crippen molar-refractivity contribution >= 4 is 22.4 Å². The van der Waals surface area contributed by atoms with Gasteiger partial charge >= 0.3 is 0 Å². The molecule has 0 aliphatic heterocycles. The van der Waals surface area contributed by atoms with E-state index >= 15 is 0 Å². The highest BCUT2D eigenvalue weighted by Gasteiger charge is 2.48. The molecular formula is C23H27N3O. The molecule has 4 N–H and O–H groups in total. The Morgan fingerprint density at radius 3 is 2.48 bits per heavy atom. The summed E-state index contributed by atoms with van der Waals surface area (Å²) in [6.45, 7) is 0. The van der Waals surface area contributed by atoms with Gasteiger partial charge in [-0.05, 0) is 78.2 Å². The second kappa shape index (κ2) is 5.71. The summed E-state index contributed by atoms with van der Waals surface area (Å²) >= 11 is 0. The number of nitrogens with two attached hydrogens (primary N) is 1.